The van der Waals surface area contributed by atoms with Crippen molar-refractivity contribution < 1.29 is 5.11 Å². The van der Waals surface area contributed by atoms with Crippen LogP contribution in [0.5, 0.6) is 5.75 Å². The van der Waals surface area contributed by atoms with Gasteiger partial charge in [0.15, 0.2) is 0 Å². The number of benzene rings is 1. The molecule has 0 bridgehead atoms. The molecule has 0 saturated heterocycles. The maximum atomic E-state index is 10.3. The molecular formula is C18H29O. The van der Waals surface area contributed by atoms with Gasteiger partial charge in [-0.05, 0) is 55.0 Å². The van der Waals surface area contributed by atoms with Crippen molar-refractivity contribution in [1.29, 1.82) is 0 Å². The fourth-order valence-electron chi connectivity index (χ4n) is 2.45. The highest BCUT2D eigenvalue weighted by atomic mass is 16.3. The van der Waals surface area contributed by atoms with E-state index >= 15 is 0 Å². The van der Waals surface area contributed by atoms with Crippen molar-refractivity contribution in [2.24, 2.45) is 0 Å². The van der Waals surface area contributed by atoms with E-state index in [2.05, 4.69) is 19.9 Å². The summed E-state index contributed by atoms with van der Waals surface area (Å²) >= 11 is 0. The second-order valence-electron chi connectivity index (χ2n) is 5.48. The maximum Gasteiger partial charge on any atom is 0.121 e. The minimum absolute atomic E-state index is 0.534. The summed E-state index contributed by atoms with van der Waals surface area (Å²) < 4.78 is 0. The van der Waals surface area contributed by atoms with Crippen LogP contribution in [0, 0.1) is 6.07 Å². The van der Waals surface area contributed by atoms with Gasteiger partial charge in [0.2, 0.25) is 0 Å². The monoisotopic (exact) mass is 261 g/mol. The number of aromatic hydroxyl groups is 1. The van der Waals surface area contributed by atoms with Crippen LogP contribution in [0.2, 0.25) is 0 Å². The van der Waals surface area contributed by atoms with E-state index in [9.17, 15) is 5.11 Å². The van der Waals surface area contributed by atoms with E-state index in [1.54, 1.807) is 0 Å². The Balaban J connectivity index is 2.44. The first-order chi connectivity index (χ1) is 9.29. The van der Waals surface area contributed by atoms with Crippen LogP contribution >= 0.6 is 0 Å². The Hall–Kier alpha value is -0.980. The Bertz CT molecular complexity index is 313. The van der Waals surface area contributed by atoms with Crippen molar-refractivity contribution in [3.8, 4) is 5.75 Å². The summed E-state index contributed by atoms with van der Waals surface area (Å²) in [5.41, 5.74) is 2.17. The van der Waals surface area contributed by atoms with Gasteiger partial charge in [-0.25, -0.2) is 0 Å². The minimum atomic E-state index is 0.534. The van der Waals surface area contributed by atoms with Gasteiger partial charge in [-0.1, -0.05) is 52.4 Å². The van der Waals surface area contributed by atoms with E-state index < -0.39 is 0 Å². The number of hydrogen-bond donors (Lipinski definition) is 1. The lowest BCUT2D eigenvalue weighted by atomic mass is 9.99. The Morgan fingerprint density at radius 2 is 1.26 bits per heavy atom. The van der Waals surface area contributed by atoms with Gasteiger partial charge in [-0.15, -0.1) is 0 Å². The van der Waals surface area contributed by atoms with Gasteiger partial charge in [0, 0.05) is 0 Å². The van der Waals surface area contributed by atoms with Crippen molar-refractivity contribution in [1.82, 2.24) is 0 Å². The van der Waals surface area contributed by atoms with Crippen molar-refractivity contribution in [3.63, 3.8) is 0 Å². The highest BCUT2D eigenvalue weighted by molar-refractivity contribution is 5.40. The number of aryl methyl sites for hydroxylation is 2. The summed E-state index contributed by atoms with van der Waals surface area (Å²) in [6.45, 7) is 4.45. The van der Waals surface area contributed by atoms with Crippen molar-refractivity contribution in [3.05, 3.63) is 29.3 Å². The third kappa shape index (κ3) is 6.13. The van der Waals surface area contributed by atoms with Gasteiger partial charge in [0.25, 0.3) is 0 Å². The zero-order valence-electron chi connectivity index (χ0n) is 12.7. The Labute approximate surface area is 119 Å². The van der Waals surface area contributed by atoms with Crippen LogP contribution in [0.3, 0.4) is 0 Å². The topological polar surface area (TPSA) is 20.2 Å². The lowest BCUT2D eigenvalue weighted by Gasteiger charge is -2.09. The molecule has 0 amide bonds. The number of unbranched alkanes of at least 4 members (excludes halogenated alkanes) is 6. The highest BCUT2D eigenvalue weighted by Gasteiger charge is 2.06. The second-order valence-corrected chi connectivity index (χ2v) is 5.48. The van der Waals surface area contributed by atoms with Crippen LogP contribution in [-0.2, 0) is 12.8 Å². The average Bonchev–Trinajstić information content (AvgIpc) is 2.43. The second kappa shape index (κ2) is 9.89. The van der Waals surface area contributed by atoms with Crippen LogP contribution in [0.25, 0.3) is 0 Å². The predicted molar refractivity (Wildman–Crippen MR) is 82.6 cm³/mol. The van der Waals surface area contributed by atoms with E-state index in [4.69, 9.17) is 0 Å². The summed E-state index contributed by atoms with van der Waals surface area (Å²) in [5.74, 6) is 0.534. The SMILES string of the molecule is CCCCCCc1c[c]cc(CCCCCC)c1O. The van der Waals surface area contributed by atoms with Gasteiger partial charge in [-0.3, -0.25) is 0 Å². The van der Waals surface area contributed by atoms with E-state index in [0.717, 1.165) is 24.0 Å². The Morgan fingerprint density at radius 3 is 1.68 bits per heavy atom. The molecule has 0 aliphatic carbocycles. The standard InChI is InChI=1S/C18H29O/c1-3-5-7-9-12-16-14-11-15-17(18(16)19)13-10-8-6-4-2/h14-15,19H,3-10,12-13H2,1-2H3. The highest BCUT2D eigenvalue weighted by Crippen LogP contribution is 2.25. The van der Waals surface area contributed by atoms with Gasteiger partial charge in [-0.2, -0.15) is 0 Å². The Kier molecular flexibility index (Phi) is 8.36. The summed E-state index contributed by atoms with van der Waals surface area (Å²) in [5, 5.41) is 10.3. The fourth-order valence-corrected chi connectivity index (χ4v) is 2.45. The molecule has 0 saturated carbocycles. The molecule has 0 aliphatic heterocycles. The average molecular weight is 261 g/mol. The van der Waals surface area contributed by atoms with Gasteiger partial charge in [0.1, 0.15) is 5.75 Å². The maximum absolute atomic E-state index is 10.3. The van der Waals surface area contributed by atoms with Crippen LogP contribution in [0.4, 0.5) is 0 Å². The van der Waals surface area contributed by atoms with Gasteiger partial charge >= 0.3 is 0 Å². The molecule has 1 rings (SSSR count). The molecule has 0 spiro atoms. The number of rotatable bonds is 10. The molecule has 0 unspecified atom stereocenters. The van der Waals surface area contributed by atoms with E-state index in [-0.39, 0.29) is 0 Å². The lowest BCUT2D eigenvalue weighted by Crippen LogP contribution is -1.93. The van der Waals surface area contributed by atoms with Crippen molar-refractivity contribution >= 4 is 0 Å². The molecule has 0 fully saturated rings. The van der Waals surface area contributed by atoms with Crippen LogP contribution in [0.15, 0.2) is 12.1 Å². The third-order valence-electron chi connectivity index (χ3n) is 3.72. The molecule has 1 heteroatoms. The molecule has 1 N–H and O–H groups in total. The first-order valence-electron chi connectivity index (χ1n) is 8.00. The molecule has 0 aliphatic rings. The molecule has 19 heavy (non-hydrogen) atoms. The number of hydrogen-bond acceptors (Lipinski definition) is 1. The van der Waals surface area contributed by atoms with Crippen LogP contribution in [-0.4, -0.2) is 5.11 Å². The molecule has 107 valence electrons. The molecule has 1 nitrogen and oxygen atoms in total. The van der Waals surface area contributed by atoms with E-state index in [1.165, 1.54) is 51.4 Å². The minimum Gasteiger partial charge on any atom is -0.507 e. The van der Waals surface area contributed by atoms with Crippen molar-refractivity contribution in [2.75, 3.05) is 0 Å². The molecule has 0 aromatic heterocycles. The quantitative estimate of drug-likeness (QED) is 0.556. The lowest BCUT2D eigenvalue weighted by molar-refractivity contribution is 0.457. The van der Waals surface area contributed by atoms with Crippen molar-refractivity contribution in [2.45, 2.75) is 78.1 Å². The number of phenols is 1. The molecule has 1 radical (unpaired) electrons. The van der Waals surface area contributed by atoms with Gasteiger partial charge in [0.05, 0.1) is 0 Å². The summed E-state index contributed by atoms with van der Waals surface area (Å²) in [4.78, 5) is 0. The summed E-state index contributed by atoms with van der Waals surface area (Å²) in [7, 11) is 0. The normalized spacial score (nSPS) is 10.8. The van der Waals surface area contributed by atoms with Crippen LogP contribution < -0.4 is 0 Å². The Morgan fingerprint density at radius 1 is 0.789 bits per heavy atom. The fraction of sp³-hybridized carbons (Fsp3) is 0.667. The zero-order valence-corrected chi connectivity index (χ0v) is 12.7. The van der Waals surface area contributed by atoms with E-state index in [1.807, 2.05) is 12.1 Å². The van der Waals surface area contributed by atoms with Gasteiger partial charge < -0.3 is 5.11 Å². The molecule has 1 aromatic carbocycles. The first kappa shape index (κ1) is 16.1. The zero-order chi connectivity index (χ0) is 13.9. The first-order valence-corrected chi connectivity index (χ1v) is 8.00. The molecular weight excluding hydrogens is 232 g/mol. The summed E-state index contributed by atoms with van der Waals surface area (Å²) in [6, 6.07) is 7.10. The molecule has 0 heterocycles. The van der Waals surface area contributed by atoms with E-state index in [0.29, 0.717) is 5.75 Å². The summed E-state index contributed by atoms with van der Waals surface area (Å²) in [6.07, 6.45) is 12.0. The van der Waals surface area contributed by atoms with Crippen LogP contribution in [0.1, 0.15) is 76.3 Å². The smallest absolute Gasteiger partial charge is 0.121 e. The predicted octanol–water partition coefficient (Wildman–Crippen LogP) is 5.44. The molecule has 0 atom stereocenters. The largest absolute Gasteiger partial charge is 0.507 e. The molecule has 1 aromatic rings. The third-order valence-corrected chi connectivity index (χ3v) is 3.72. The number of phenolic OH excluding ortho intramolecular Hbond substituents is 1.